The lowest BCUT2D eigenvalue weighted by Gasteiger charge is -2.42. The molecule has 0 spiro atoms. The summed E-state index contributed by atoms with van der Waals surface area (Å²) in [5, 5.41) is 2.93. The molecule has 0 radical (unpaired) electrons. The Labute approximate surface area is 240 Å². The van der Waals surface area contributed by atoms with Crippen LogP contribution in [0.15, 0.2) is 42.5 Å². The molecule has 0 saturated heterocycles. The zero-order chi connectivity index (χ0) is 30.2. The molecule has 0 aliphatic carbocycles. The van der Waals surface area contributed by atoms with Gasteiger partial charge in [-0.3, -0.25) is 9.36 Å². The maximum Gasteiger partial charge on any atom is 0.408 e. The second-order valence-corrected chi connectivity index (χ2v) is 14.0. The standard InChI is InChI=1S/C31H49N2O6P/c1-8-31(9-2,23-30(6,21-22-40(36,37)38)32-28(35)39-29(3,4)5)27-20-19-25(33(27)7)26(34)18-14-13-17-24-15-11-10-12-16-24/h10-12,15-16,19-20H,8-9,13-14,17-18,21-23H2,1-7H3,(H,32,35)(H2,36,37,38)/t30-/m0/s1. The zero-order valence-electron chi connectivity index (χ0n) is 25.3. The number of ether oxygens (including phenoxy) is 1. The highest BCUT2D eigenvalue weighted by molar-refractivity contribution is 7.51. The fourth-order valence-electron chi connectivity index (χ4n) is 5.55. The first-order valence-electron chi connectivity index (χ1n) is 14.3. The first-order valence-corrected chi connectivity index (χ1v) is 16.1. The lowest BCUT2D eigenvalue weighted by molar-refractivity contribution is 0.0434. The monoisotopic (exact) mass is 576 g/mol. The van der Waals surface area contributed by atoms with Crippen molar-refractivity contribution in [1.29, 1.82) is 0 Å². The maximum absolute atomic E-state index is 13.2. The van der Waals surface area contributed by atoms with Crippen LogP contribution in [0.1, 0.15) is 108 Å². The number of aryl methyl sites for hydroxylation is 1. The van der Waals surface area contributed by atoms with E-state index in [4.69, 9.17) is 4.74 Å². The smallest absolute Gasteiger partial charge is 0.408 e. The molecular formula is C31H49N2O6P. The van der Waals surface area contributed by atoms with E-state index in [9.17, 15) is 23.9 Å². The minimum atomic E-state index is -4.29. The molecule has 1 aromatic heterocycles. The minimum Gasteiger partial charge on any atom is -0.444 e. The van der Waals surface area contributed by atoms with E-state index < -0.39 is 30.2 Å². The van der Waals surface area contributed by atoms with Crippen LogP contribution in [-0.2, 0) is 28.2 Å². The molecule has 9 heteroatoms. The number of benzene rings is 1. The van der Waals surface area contributed by atoms with Crippen molar-refractivity contribution in [2.45, 2.75) is 109 Å². The Morgan fingerprint density at radius 3 is 2.15 bits per heavy atom. The number of nitrogens with zero attached hydrogens (tertiary/aromatic N) is 1. The van der Waals surface area contributed by atoms with Gasteiger partial charge < -0.3 is 24.4 Å². The average Bonchev–Trinajstić information content (AvgIpc) is 3.25. The van der Waals surface area contributed by atoms with Gasteiger partial charge in [-0.2, -0.15) is 0 Å². The molecule has 2 aromatic rings. The Balaban J connectivity index is 2.25. The van der Waals surface area contributed by atoms with Crippen molar-refractivity contribution in [2.24, 2.45) is 7.05 Å². The lowest BCUT2D eigenvalue weighted by atomic mass is 9.69. The van der Waals surface area contributed by atoms with E-state index in [1.165, 1.54) is 5.56 Å². The van der Waals surface area contributed by atoms with Crippen molar-refractivity contribution in [3.8, 4) is 0 Å². The van der Waals surface area contributed by atoms with Crippen LogP contribution >= 0.6 is 7.60 Å². The highest BCUT2D eigenvalue weighted by atomic mass is 31.2. The predicted molar refractivity (Wildman–Crippen MR) is 160 cm³/mol. The Hall–Kier alpha value is -2.41. The second kappa shape index (κ2) is 14.0. The molecule has 1 heterocycles. The van der Waals surface area contributed by atoms with Gasteiger partial charge in [-0.05, 0) is 90.3 Å². The number of amides is 1. The number of alkyl carbamates (subject to hydrolysis) is 1. The zero-order valence-corrected chi connectivity index (χ0v) is 26.2. The van der Waals surface area contributed by atoms with Gasteiger partial charge in [0.1, 0.15) is 5.60 Å². The van der Waals surface area contributed by atoms with Crippen molar-refractivity contribution in [2.75, 3.05) is 6.16 Å². The van der Waals surface area contributed by atoms with Crippen LogP contribution in [0.5, 0.6) is 0 Å². The van der Waals surface area contributed by atoms with Crippen LogP contribution in [0, 0.1) is 0 Å². The molecule has 0 aliphatic heterocycles. The fourth-order valence-corrected chi connectivity index (χ4v) is 6.33. The molecule has 2 rings (SSSR count). The Bertz CT molecular complexity index is 1160. The molecule has 8 nitrogen and oxygen atoms in total. The van der Waals surface area contributed by atoms with Crippen molar-refractivity contribution in [3.63, 3.8) is 0 Å². The summed E-state index contributed by atoms with van der Waals surface area (Å²) in [6, 6.07) is 14.1. The molecule has 0 saturated carbocycles. The van der Waals surface area contributed by atoms with Crippen LogP contribution in [0.25, 0.3) is 0 Å². The molecule has 40 heavy (non-hydrogen) atoms. The van der Waals surface area contributed by atoms with Gasteiger partial charge in [-0.25, -0.2) is 4.79 Å². The number of hydrogen-bond donors (Lipinski definition) is 3. The summed E-state index contributed by atoms with van der Waals surface area (Å²) < 4.78 is 19.3. The Morgan fingerprint density at radius 2 is 1.60 bits per heavy atom. The fraction of sp³-hybridized carbons (Fsp3) is 0.613. The maximum atomic E-state index is 13.2. The number of aromatic nitrogens is 1. The van der Waals surface area contributed by atoms with Gasteiger partial charge >= 0.3 is 13.7 Å². The number of carbonyl (C=O) groups is 2. The molecule has 0 bridgehead atoms. The van der Waals surface area contributed by atoms with Gasteiger partial charge in [-0.15, -0.1) is 0 Å². The summed E-state index contributed by atoms with van der Waals surface area (Å²) in [6.45, 7) is 11.3. The summed E-state index contributed by atoms with van der Waals surface area (Å²) >= 11 is 0. The largest absolute Gasteiger partial charge is 0.444 e. The van der Waals surface area contributed by atoms with Crippen molar-refractivity contribution in [3.05, 3.63) is 59.4 Å². The number of nitrogens with one attached hydrogen (secondary N) is 1. The average molecular weight is 577 g/mol. The molecule has 1 aromatic carbocycles. The molecule has 224 valence electrons. The molecule has 1 atom stereocenters. The first kappa shape index (κ1) is 33.8. The van der Waals surface area contributed by atoms with Crippen LogP contribution in [0.4, 0.5) is 4.79 Å². The van der Waals surface area contributed by atoms with E-state index in [0.717, 1.165) is 25.0 Å². The number of ketones is 1. The Morgan fingerprint density at radius 1 is 0.975 bits per heavy atom. The topological polar surface area (TPSA) is 118 Å². The van der Waals surface area contributed by atoms with Gasteiger partial charge in [0.25, 0.3) is 0 Å². The highest BCUT2D eigenvalue weighted by Crippen LogP contribution is 2.44. The van der Waals surface area contributed by atoms with Crippen LogP contribution in [0.2, 0.25) is 0 Å². The van der Waals surface area contributed by atoms with E-state index in [1.807, 2.05) is 48.9 Å². The van der Waals surface area contributed by atoms with Crippen molar-refractivity contribution >= 4 is 19.5 Å². The number of Topliss-reactive ketones (excluding diaryl/α,β-unsaturated/α-hetero) is 1. The quantitative estimate of drug-likeness (QED) is 0.120. The molecule has 3 N–H and O–H groups in total. The lowest BCUT2D eigenvalue weighted by Crippen LogP contribution is -2.52. The summed E-state index contributed by atoms with van der Waals surface area (Å²) in [5.41, 5.74) is 0.778. The minimum absolute atomic E-state index is 0.0793. The number of hydrogen-bond acceptors (Lipinski definition) is 4. The summed E-state index contributed by atoms with van der Waals surface area (Å²) in [5.74, 6) is 0.0964. The number of carbonyl (C=O) groups excluding carboxylic acids is 2. The molecule has 0 unspecified atom stereocenters. The van der Waals surface area contributed by atoms with E-state index >= 15 is 0 Å². The highest BCUT2D eigenvalue weighted by Gasteiger charge is 2.42. The van der Waals surface area contributed by atoms with Gasteiger partial charge in [0.05, 0.1) is 11.9 Å². The van der Waals surface area contributed by atoms with E-state index in [1.54, 1.807) is 20.8 Å². The third-order valence-electron chi connectivity index (χ3n) is 7.75. The molecule has 0 aliphatic rings. The van der Waals surface area contributed by atoms with Crippen molar-refractivity contribution in [1.82, 2.24) is 9.88 Å². The van der Waals surface area contributed by atoms with Crippen LogP contribution in [0.3, 0.4) is 0 Å². The van der Waals surface area contributed by atoms with Gasteiger partial charge in [0.2, 0.25) is 0 Å². The van der Waals surface area contributed by atoms with E-state index in [0.29, 0.717) is 31.4 Å². The Kier molecular flexibility index (Phi) is 11.8. The first-order chi connectivity index (χ1) is 18.5. The van der Waals surface area contributed by atoms with Crippen LogP contribution < -0.4 is 5.32 Å². The number of unbranched alkanes of at least 4 members (excludes halogenated alkanes) is 1. The van der Waals surface area contributed by atoms with Gasteiger partial charge in [0.15, 0.2) is 5.78 Å². The van der Waals surface area contributed by atoms with Crippen molar-refractivity contribution < 1.29 is 28.7 Å². The van der Waals surface area contributed by atoms with Gasteiger partial charge in [-0.1, -0.05) is 44.2 Å². The third kappa shape index (κ3) is 10.2. The molecule has 0 fully saturated rings. The summed E-state index contributed by atoms with van der Waals surface area (Å²) in [4.78, 5) is 45.2. The summed E-state index contributed by atoms with van der Waals surface area (Å²) in [6.07, 6.45) is 4.11. The molecule has 1 amide bonds. The van der Waals surface area contributed by atoms with Gasteiger partial charge in [0, 0.05) is 30.1 Å². The predicted octanol–water partition coefficient (Wildman–Crippen LogP) is 6.92. The third-order valence-corrected chi connectivity index (χ3v) is 8.56. The normalized spacial score (nSPS) is 14.0. The van der Waals surface area contributed by atoms with E-state index in [2.05, 4.69) is 31.3 Å². The van der Waals surface area contributed by atoms with E-state index in [-0.39, 0.29) is 18.4 Å². The van der Waals surface area contributed by atoms with Crippen LogP contribution in [-0.4, -0.2) is 43.5 Å². The second-order valence-electron chi connectivity index (χ2n) is 12.3. The summed E-state index contributed by atoms with van der Waals surface area (Å²) in [7, 11) is -2.39. The number of rotatable bonds is 15. The SMILES string of the molecule is CCC(CC)(C[C@](C)(CCP(=O)(O)O)NC(=O)OC(C)(C)C)c1ccc(C(=O)CCCCc2ccccc2)n1C. The molecular weight excluding hydrogens is 527 g/mol.